The lowest BCUT2D eigenvalue weighted by molar-refractivity contribution is -0.384. The van der Waals surface area contributed by atoms with Gasteiger partial charge in [0, 0.05) is 29.9 Å². The number of nitro benzene ring substituents is 1. The van der Waals surface area contributed by atoms with Crippen LogP contribution < -0.4 is 10.2 Å². The van der Waals surface area contributed by atoms with E-state index in [1.54, 1.807) is 0 Å². The minimum Gasteiger partial charge on any atom is -0.345 e. The Morgan fingerprint density at radius 1 is 1.00 bits per heavy atom. The van der Waals surface area contributed by atoms with E-state index in [1.165, 1.54) is 41.6 Å². The minimum atomic E-state index is -0.512. The Hall–Kier alpha value is -4.51. The lowest BCUT2D eigenvalue weighted by atomic mass is 10.0. The summed E-state index contributed by atoms with van der Waals surface area (Å²) in [5.41, 5.74) is 5.33. The maximum absolute atomic E-state index is 13.3. The van der Waals surface area contributed by atoms with Gasteiger partial charge in [0.05, 0.1) is 22.9 Å². The highest BCUT2D eigenvalue weighted by Crippen LogP contribution is 2.30. The number of hydrogen-bond donors (Lipinski definition) is 1. The number of amides is 2. The Morgan fingerprint density at radius 3 is 2.52 bits per heavy atom. The monoisotopic (exact) mass is 556 g/mol. The predicted molar refractivity (Wildman–Crippen MR) is 153 cm³/mol. The molecule has 0 fully saturated rings. The highest BCUT2D eigenvalue weighted by molar-refractivity contribution is 7.99. The maximum Gasteiger partial charge on any atom is 0.269 e. The zero-order valence-electron chi connectivity index (χ0n) is 22.2. The molecule has 11 heteroatoms. The number of nitro groups is 1. The number of para-hydroxylation sites is 1. The summed E-state index contributed by atoms with van der Waals surface area (Å²) < 4.78 is 1.88. The number of non-ortho nitro benzene ring substituents is 1. The van der Waals surface area contributed by atoms with E-state index < -0.39 is 10.8 Å². The Balaban J connectivity index is 1.37. The largest absolute Gasteiger partial charge is 0.345 e. The summed E-state index contributed by atoms with van der Waals surface area (Å²) in [6.45, 7) is 4.78. The zero-order chi connectivity index (χ0) is 28.2. The summed E-state index contributed by atoms with van der Waals surface area (Å²) in [6, 6.07) is 19.3. The molecule has 0 radical (unpaired) electrons. The van der Waals surface area contributed by atoms with Crippen LogP contribution in [0, 0.1) is 24.0 Å². The van der Waals surface area contributed by atoms with Gasteiger partial charge >= 0.3 is 0 Å². The lowest BCUT2D eigenvalue weighted by Crippen LogP contribution is -2.36. The molecular formula is C29H28N6O4S. The molecule has 10 nitrogen and oxygen atoms in total. The molecule has 3 aromatic carbocycles. The van der Waals surface area contributed by atoms with E-state index in [0.717, 1.165) is 35.3 Å². The van der Waals surface area contributed by atoms with E-state index in [4.69, 9.17) is 0 Å². The number of hydrogen-bond acceptors (Lipinski definition) is 7. The van der Waals surface area contributed by atoms with Crippen LogP contribution >= 0.6 is 11.8 Å². The van der Waals surface area contributed by atoms with E-state index >= 15 is 0 Å². The molecule has 1 aliphatic heterocycles. The molecule has 0 bridgehead atoms. The SMILES string of the molecule is Cc1cccc(-n2c(CNC(=O)c3ccc([N+](=O)[O-])cc3)nnc2SCC(=O)N2CCCc3ccccc32)c1C. The first kappa shape index (κ1) is 27.1. The summed E-state index contributed by atoms with van der Waals surface area (Å²) >= 11 is 1.31. The van der Waals surface area contributed by atoms with Crippen molar-refractivity contribution in [2.45, 2.75) is 38.4 Å². The molecule has 4 aromatic rings. The molecule has 0 spiro atoms. The van der Waals surface area contributed by atoms with Gasteiger partial charge in [-0.05, 0) is 67.6 Å². The van der Waals surface area contributed by atoms with Crippen LogP contribution in [0.25, 0.3) is 5.69 Å². The average molecular weight is 557 g/mol. The predicted octanol–water partition coefficient (Wildman–Crippen LogP) is 4.79. The highest BCUT2D eigenvalue weighted by atomic mass is 32.2. The second kappa shape index (κ2) is 11.7. The van der Waals surface area contributed by atoms with Crippen LogP contribution in [0.1, 0.15) is 39.3 Å². The van der Waals surface area contributed by atoms with Crippen LogP contribution in [-0.2, 0) is 17.8 Å². The Kier molecular flexibility index (Phi) is 7.92. The second-order valence-corrected chi connectivity index (χ2v) is 10.4. The second-order valence-electron chi connectivity index (χ2n) is 9.51. The molecule has 0 saturated carbocycles. The average Bonchev–Trinajstić information content (AvgIpc) is 3.38. The maximum atomic E-state index is 13.3. The van der Waals surface area contributed by atoms with Gasteiger partial charge in [-0.25, -0.2) is 0 Å². The lowest BCUT2D eigenvalue weighted by Gasteiger charge is -2.29. The van der Waals surface area contributed by atoms with Crippen molar-refractivity contribution in [1.29, 1.82) is 0 Å². The molecular weight excluding hydrogens is 528 g/mol. The van der Waals surface area contributed by atoms with Gasteiger partial charge in [0.15, 0.2) is 11.0 Å². The number of rotatable bonds is 8. The van der Waals surface area contributed by atoms with Crippen molar-refractivity contribution in [1.82, 2.24) is 20.1 Å². The summed E-state index contributed by atoms with van der Waals surface area (Å²) in [6.07, 6.45) is 1.88. The van der Waals surface area contributed by atoms with Crippen LogP contribution in [0.4, 0.5) is 11.4 Å². The third-order valence-corrected chi connectivity index (χ3v) is 7.91. The minimum absolute atomic E-state index is 0.000637. The fraction of sp³-hybridized carbons (Fsp3) is 0.241. The van der Waals surface area contributed by atoms with Crippen LogP contribution in [0.2, 0.25) is 0 Å². The van der Waals surface area contributed by atoms with Crippen molar-refractivity contribution < 1.29 is 14.5 Å². The molecule has 2 amide bonds. The number of thioether (sulfide) groups is 1. The van der Waals surface area contributed by atoms with E-state index in [0.29, 0.717) is 23.1 Å². The quantitative estimate of drug-likeness (QED) is 0.188. The summed E-state index contributed by atoms with van der Waals surface area (Å²) in [5.74, 6) is 0.299. The molecule has 204 valence electrons. The van der Waals surface area contributed by atoms with Crippen molar-refractivity contribution in [2.24, 2.45) is 0 Å². The number of benzene rings is 3. The Morgan fingerprint density at radius 2 is 1.75 bits per heavy atom. The van der Waals surface area contributed by atoms with Crippen molar-refractivity contribution in [3.8, 4) is 5.69 Å². The molecule has 0 aliphatic carbocycles. The molecule has 1 aromatic heterocycles. The third kappa shape index (κ3) is 5.59. The number of carbonyl (C=O) groups excluding carboxylic acids is 2. The summed E-state index contributed by atoms with van der Waals surface area (Å²) in [7, 11) is 0. The van der Waals surface area contributed by atoms with Gasteiger partial charge < -0.3 is 10.2 Å². The topological polar surface area (TPSA) is 123 Å². The fourth-order valence-corrected chi connectivity index (χ4v) is 5.56. The van der Waals surface area contributed by atoms with Crippen molar-refractivity contribution in [3.63, 3.8) is 0 Å². The number of nitrogens with one attached hydrogen (secondary N) is 1. The van der Waals surface area contributed by atoms with Crippen molar-refractivity contribution in [2.75, 3.05) is 17.2 Å². The zero-order valence-corrected chi connectivity index (χ0v) is 23.0. The molecule has 40 heavy (non-hydrogen) atoms. The Labute approximate surface area is 235 Å². The molecule has 0 saturated heterocycles. The van der Waals surface area contributed by atoms with E-state index in [9.17, 15) is 19.7 Å². The van der Waals surface area contributed by atoms with E-state index in [1.807, 2.05) is 59.7 Å². The van der Waals surface area contributed by atoms with Crippen LogP contribution in [0.15, 0.2) is 71.9 Å². The van der Waals surface area contributed by atoms with Crippen LogP contribution in [0.5, 0.6) is 0 Å². The smallest absolute Gasteiger partial charge is 0.269 e. The third-order valence-electron chi connectivity index (χ3n) is 7.00. The molecule has 5 rings (SSSR count). The standard InChI is InChI=1S/C29H28N6O4S/c1-19-7-5-11-24(20(19)2)34-26(17-30-28(37)22-12-14-23(15-13-22)35(38)39)31-32-29(34)40-18-27(36)33-16-6-9-21-8-3-4-10-25(21)33/h3-5,7-8,10-15H,6,9,16-18H2,1-2H3,(H,30,37). The first-order valence-corrected chi connectivity index (χ1v) is 13.9. The first-order valence-electron chi connectivity index (χ1n) is 12.9. The number of anilines is 1. The van der Waals surface area contributed by atoms with E-state index in [2.05, 4.69) is 21.6 Å². The number of aromatic nitrogens is 3. The van der Waals surface area contributed by atoms with E-state index in [-0.39, 0.29) is 23.9 Å². The van der Waals surface area contributed by atoms with Gasteiger partial charge in [-0.1, -0.05) is 42.1 Å². The van der Waals surface area contributed by atoms with Gasteiger partial charge in [-0.15, -0.1) is 10.2 Å². The van der Waals surface area contributed by atoms with Gasteiger partial charge in [-0.3, -0.25) is 24.3 Å². The van der Waals surface area contributed by atoms with Crippen molar-refractivity contribution >= 4 is 35.0 Å². The van der Waals surface area contributed by atoms with Crippen molar-refractivity contribution in [3.05, 3.63) is 105 Å². The summed E-state index contributed by atoms with van der Waals surface area (Å²) in [4.78, 5) is 38.3. The molecule has 2 heterocycles. The summed E-state index contributed by atoms with van der Waals surface area (Å²) in [5, 5.41) is 23.0. The number of fused-ring (bicyclic) bond motifs is 1. The van der Waals surface area contributed by atoms with Crippen LogP contribution in [-0.4, -0.2) is 43.8 Å². The fourth-order valence-electron chi connectivity index (χ4n) is 4.72. The number of nitrogens with zero attached hydrogens (tertiary/aromatic N) is 5. The molecule has 0 unspecified atom stereocenters. The highest BCUT2D eigenvalue weighted by Gasteiger charge is 2.24. The van der Waals surface area contributed by atoms with Crippen LogP contribution in [0.3, 0.4) is 0 Å². The van der Waals surface area contributed by atoms with Gasteiger partial charge in [0.2, 0.25) is 5.91 Å². The van der Waals surface area contributed by atoms with Gasteiger partial charge in [0.25, 0.3) is 11.6 Å². The number of carbonyl (C=O) groups is 2. The molecule has 1 N–H and O–H groups in total. The molecule has 1 aliphatic rings. The molecule has 0 atom stereocenters. The Bertz CT molecular complexity index is 1580. The number of aryl methyl sites for hydroxylation is 2. The normalized spacial score (nSPS) is 12.6. The first-order chi connectivity index (χ1) is 19.3. The van der Waals surface area contributed by atoms with Gasteiger partial charge in [0.1, 0.15) is 0 Å². The van der Waals surface area contributed by atoms with Gasteiger partial charge in [-0.2, -0.15) is 0 Å².